The van der Waals surface area contributed by atoms with Crippen LogP contribution in [0.15, 0.2) is 58.1 Å². The Labute approximate surface area is 176 Å². The summed E-state index contributed by atoms with van der Waals surface area (Å²) < 4.78 is 0.986. The first kappa shape index (κ1) is 21.4. The van der Waals surface area contributed by atoms with E-state index in [1.54, 1.807) is 48.5 Å². The number of para-hydroxylation sites is 1. The highest BCUT2D eigenvalue weighted by Crippen LogP contribution is 2.18. The van der Waals surface area contributed by atoms with Crippen molar-refractivity contribution in [3.63, 3.8) is 0 Å². The second-order valence-corrected chi connectivity index (χ2v) is 7.68. The molecule has 0 saturated carbocycles. The molecule has 0 spiro atoms. The molecule has 2 aromatic carbocycles. The number of H-pyrrole nitrogens is 1. The molecule has 30 heavy (non-hydrogen) atoms. The Kier molecular flexibility index (Phi) is 6.73. The quantitative estimate of drug-likeness (QED) is 0.537. The van der Waals surface area contributed by atoms with E-state index in [4.69, 9.17) is 0 Å². The molecule has 3 N–H and O–H groups in total. The lowest BCUT2D eigenvalue weighted by Gasteiger charge is -2.19. The Morgan fingerprint density at radius 2 is 1.67 bits per heavy atom. The number of hydrogen-bond acceptors (Lipinski definition) is 5. The predicted octanol–water partition coefficient (Wildman–Crippen LogP) is 2.58. The van der Waals surface area contributed by atoms with Crippen LogP contribution < -0.4 is 21.9 Å². The van der Waals surface area contributed by atoms with Crippen molar-refractivity contribution >= 4 is 45.9 Å². The van der Waals surface area contributed by atoms with Crippen LogP contribution in [0.3, 0.4) is 0 Å². The number of fused-ring (bicyclic) bond motifs is 1. The monoisotopic (exact) mass is 426 g/mol. The maximum Gasteiger partial charge on any atom is 0.329 e. The van der Waals surface area contributed by atoms with Crippen LogP contribution in [0.1, 0.15) is 19.4 Å². The van der Waals surface area contributed by atoms with Crippen LogP contribution in [-0.4, -0.2) is 33.4 Å². The van der Waals surface area contributed by atoms with Crippen LogP contribution in [0.4, 0.5) is 11.4 Å². The van der Waals surface area contributed by atoms with E-state index < -0.39 is 23.2 Å². The molecule has 0 bridgehead atoms. The number of amides is 2. The van der Waals surface area contributed by atoms with Gasteiger partial charge in [-0.1, -0.05) is 12.1 Å². The highest BCUT2D eigenvalue weighted by molar-refractivity contribution is 7.98. The van der Waals surface area contributed by atoms with E-state index in [-0.39, 0.29) is 5.91 Å². The third-order valence-corrected chi connectivity index (χ3v) is 5.16. The zero-order valence-electron chi connectivity index (χ0n) is 16.6. The lowest BCUT2D eigenvalue weighted by molar-refractivity contribution is -0.119. The van der Waals surface area contributed by atoms with Crippen molar-refractivity contribution in [3.8, 4) is 0 Å². The van der Waals surface area contributed by atoms with Crippen molar-refractivity contribution in [1.29, 1.82) is 0 Å². The highest BCUT2D eigenvalue weighted by atomic mass is 32.2. The number of hydrogen-bond donors (Lipinski definition) is 3. The molecule has 156 valence electrons. The van der Waals surface area contributed by atoms with Crippen molar-refractivity contribution in [2.75, 3.05) is 22.6 Å². The largest absolute Gasteiger partial charge is 0.329 e. The molecule has 0 aliphatic carbocycles. The van der Waals surface area contributed by atoms with Crippen LogP contribution in [0.25, 0.3) is 10.9 Å². The number of anilines is 2. The maximum absolute atomic E-state index is 13.0. The van der Waals surface area contributed by atoms with E-state index in [1.165, 1.54) is 18.7 Å². The number of rotatable bonds is 7. The Hall–Kier alpha value is -3.33. The summed E-state index contributed by atoms with van der Waals surface area (Å²) in [4.78, 5) is 52.4. The number of aromatic amines is 1. The predicted molar refractivity (Wildman–Crippen MR) is 120 cm³/mol. The normalized spacial score (nSPS) is 11.8. The van der Waals surface area contributed by atoms with E-state index in [0.29, 0.717) is 34.5 Å². The van der Waals surface area contributed by atoms with Gasteiger partial charge in [-0.05, 0) is 54.8 Å². The topological polar surface area (TPSA) is 113 Å². The molecule has 8 nitrogen and oxygen atoms in total. The molecule has 0 unspecified atom stereocenters. The molecule has 1 atom stereocenters. The molecular weight excluding hydrogens is 404 g/mol. The summed E-state index contributed by atoms with van der Waals surface area (Å²) >= 11 is 1.52. The second-order valence-electron chi connectivity index (χ2n) is 6.70. The third kappa shape index (κ3) is 4.80. The standard InChI is InChI=1S/C21H22N4O4S/c1-13(26)22-14-7-9-15(10-8-14)23-19(27)18(11-12-30-2)25-20(28)16-5-3-4-6-17(16)24-21(25)29/h3-10,18H,11-12H2,1-2H3,(H,22,26)(H,23,27)(H,24,29)/t18-/m0/s1. The average Bonchev–Trinajstić information content (AvgIpc) is 2.71. The molecule has 3 aromatic rings. The number of aromatic nitrogens is 2. The van der Waals surface area contributed by atoms with Crippen LogP contribution in [0.5, 0.6) is 0 Å². The minimum absolute atomic E-state index is 0.196. The Bertz CT molecular complexity index is 1180. The van der Waals surface area contributed by atoms with Gasteiger partial charge in [-0.3, -0.25) is 14.4 Å². The molecule has 0 saturated heterocycles. The Morgan fingerprint density at radius 1 is 1.03 bits per heavy atom. The van der Waals surface area contributed by atoms with Gasteiger partial charge in [0.15, 0.2) is 0 Å². The second kappa shape index (κ2) is 9.45. The summed E-state index contributed by atoms with van der Waals surface area (Å²) in [5.74, 6) is -0.0591. The fourth-order valence-electron chi connectivity index (χ4n) is 3.13. The number of carbonyl (C=O) groups is 2. The van der Waals surface area contributed by atoms with Crippen molar-refractivity contribution in [2.24, 2.45) is 0 Å². The first-order valence-corrected chi connectivity index (χ1v) is 10.7. The van der Waals surface area contributed by atoms with Gasteiger partial charge in [0.25, 0.3) is 5.56 Å². The molecule has 0 radical (unpaired) electrons. The fourth-order valence-corrected chi connectivity index (χ4v) is 3.59. The van der Waals surface area contributed by atoms with Crippen molar-refractivity contribution in [3.05, 3.63) is 69.4 Å². The van der Waals surface area contributed by atoms with Gasteiger partial charge in [-0.25, -0.2) is 9.36 Å². The van der Waals surface area contributed by atoms with Crippen LogP contribution in [0, 0.1) is 0 Å². The van der Waals surface area contributed by atoms with Gasteiger partial charge in [0, 0.05) is 18.3 Å². The molecule has 3 rings (SSSR count). The van der Waals surface area contributed by atoms with E-state index in [2.05, 4.69) is 15.6 Å². The minimum Gasteiger partial charge on any atom is -0.326 e. The summed E-state index contributed by atoms with van der Waals surface area (Å²) in [6.45, 7) is 1.41. The summed E-state index contributed by atoms with van der Waals surface area (Å²) in [5, 5.41) is 5.75. The Balaban J connectivity index is 1.94. The van der Waals surface area contributed by atoms with Gasteiger partial charge in [0.1, 0.15) is 6.04 Å². The lowest BCUT2D eigenvalue weighted by atomic mass is 10.1. The van der Waals surface area contributed by atoms with Crippen LogP contribution in [0.2, 0.25) is 0 Å². The highest BCUT2D eigenvalue weighted by Gasteiger charge is 2.24. The molecule has 1 aromatic heterocycles. The number of nitrogens with zero attached hydrogens (tertiary/aromatic N) is 1. The van der Waals surface area contributed by atoms with Crippen LogP contribution in [-0.2, 0) is 9.59 Å². The van der Waals surface area contributed by atoms with Gasteiger partial charge < -0.3 is 15.6 Å². The zero-order valence-corrected chi connectivity index (χ0v) is 17.4. The van der Waals surface area contributed by atoms with E-state index in [0.717, 1.165) is 4.57 Å². The fraction of sp³-hybridized carbons (Fsp3) is 0.238. The number of benzene rings is 2. The summed E-state index contributed by atoms with van der Waals surface area (Å²) in [6, 6.07) is 12.3. The molecule has 1 heterocycles. The van der Waals surface area contributed by atoms with E-state index in [9.17, 15) is 19.2 Å². The summed E-state index contributed by atoms with van der Waals surface area (Å²) in [5.41, 5.74) is 0.397. The molecule has 9 heteroatoms. The number of nitrogens with one attached hydrogen (secondary N) is 3. The van der Waals surface area contributed by atoms with Gasteiger partial charge in [0.2, 0.25) is 11.8 Å². The molecule has 0 aliphatic heterocycles. The SMILES string of the molecule is CSCC[C@@H](C(=O)Nc1ccc(NC(C)=O)cc1)n1c(=O)[nH]c2ccccc2c1=O. The smallest absolute Gasteiger partial charge is 0.326 e. The van der Waals surface area contributed by atoms with Gasteiger partial charge >= 0.3 is 5.69 Å². The summed E-state index contributed by atoms with van der Waals surface area (Å²) in [6.07, 6.45) is 2.21. The van der Waals surface area contributed by atoms with Crippen LogP contribution >= 0.6 is 11.8 Å². The number of thioether (sulfide) groups is 1. The molecular formula is C21H22N4O4S. The average molecular weight is 426 g/mol. The number of carbonyl (C=O) groups excluding carboxylic acids is 2. The lowest BCUT2D eigenvalue weighted by Crippen LogP contribution is -2.43. The first-order valence-electron chi connectivity index (χ1n) is 9.31. The van der Waals surface area contributed by atoms with E-state index in [1.807, 2.05) is 6.26 Å². The Morgan fingerprint density at radius 3 is 2.30 bits per heavy atom. The molecule has 0 fully saturated rings. The maximum atomic E-state index is 13.0. The molecule has 0 aliphatic rings. The van der Waals surface area contributed by atoms with E-state index >= 15 is 0 Å². The van der Waals surface area contributed by atoms with Crippen molar-refractivity contribution < 1.29 is 9.59 Å². The zero-order chi connectivity index (χ0) is 21.7. The summed E-state index contributed by atoms with van der Waals surface area (Å²) in [7, 11) is 0. The van der Waals surface area contributed by atoms with Gasteiger partial charge in [0.05, 0.1) is 10.9 Å². The minimum atomic E-state index is -0.965. The van der Waals surface area contributed by atoms with Gasteiger partial charge in [-0.2, -0.15) is 11.8 Å². The third-order valence-electron chi connectivity index (χ3n) is 4.52. The first-order chi connectivity index (χ1) is 14.4. The van der Waals surface area contributed by atoms with Gasteiger partial charge in [-0.15, -0.1) is 0 Å². The molecule has 2 amide bonds. The van der Waals surface area contributed by atoms with Crippen molar-refractivity contribution in [1.82, 2.24) is 9.55 Å². The van der Waals surface area contributed by atoms with Crippen molar-refractivity contribution in [2.45, 2.75) is 19.4 Å².